The molecule has 1 atom stereocenters. The molecule has 0 aromatic heterocycles. The van der Waals surface area contributed by atoms with Crippen molar-refractivity contribution < 1.29 is 14.3 Å². The lowest BCUT2D eigenvalue weighted by molar-refractivity contribution is -0.138. The van der Waals surface area contributed by atoms with E-state index in [1.165, 1.54) is 0 Å². The molecule has 0 bridgehead atoms. The third-order valence-electron chi connectivity index (χ3n) is 2.80. The Morgan fingerprint density at radius 1 is 1.28 bits per heavy atom. The van der Waals surface area contributed by atoms with Gasteiger partial charge in [0.05, 0.1) is 5.60 Å². The largest absolute Gasteiger partial charge is 0.366 e. The molecule has 1 rings (SSSR count). The van der Waals surface area contributed by atoms with Gasteiger partial charge in [0.2, 0.25) is 11.8 Å². The molecule has 104 valence electrons. The smallest absolute Gasteiger partial charge is 0.246 e. The predicted octanol–water partition coefficient (Wildman–Crippen LogP) is 0.929. The molecule has 0 aromatic rings. The summed E-state index contributed by atoms with van der Waals surface area (Å²) in [6.45, 7) is 8.98. The van der Waals surface area contributed by atoms with Crippen LogP contribution in [0, 0.1) is 0 Å². The number of carbonyl (C=O) groups excluding carboxylic acids is 2. The minimum absolute atomic E-state index is 0.00314. The molecular weight excluding hydrogens is 232 g/mol. The Morgan fingerprint density at radius 2 is 1.83 bits per heavy atom. The molecule has 0 saturated carbocycles. The SMILES string of the molecule is CC(NC(=O)COC(C)(C)C)C(=O)N1CCCC1. The van der Waals surface area contributed by atoms with Gasteiger partial charge >= 0.3 is 0 Å². The summed E-state index contributed by atoms with van der Waals surface area (Å²) >= 11 is 0. The Morgan fingerprint density at radius 3 is 2.33 bits per heavy atom. The van der Waals surface area contributed by atoms with Crippen LogP contribution >= 0.6 is 0 Å². The second-order valence-corrected chi connectivity index (χ2v) is 5.72. The van der Waals surface area contributed by atoms with Gasteiger partial charge in [0.1, 0.15) is 12.6 Å². The lowest BCUT2D eigenvalue weighted by atomic mass is 10.2. The first-order chi connectivity index (χ1) is 8.29. The summed E-state index contributed by atoms with van der Waals surface area (Å²) in [4.78, 5) is 25.4. The van der Waals surface area contributed by atoms with Crippen LogP contribution in [-0.2, 0) is 14.3 Å². The summed E-state index contributed by atoms with van der Waals surface area (Å²) in [6, 6.07) is -0.473. The highest BCUT2D eigenvalue weighted by molar-refractivity contribution is 5.87. The van der Waals surface area contributed by atoms with E-state index in [2.05, 4.69) is 5.32 Å². The summed E-state index contributed by atoms with van der Waals surface area (Å²) in [6.07, 6.45) is 2.11. The first kappa shape index (κ1) is 15.0. The Bertz CT molecular complexity index is 304. The number of hydrogen-bond acceptors (Lipinski definition) is 3. The Kier molecular flexibility index (Phi) is 5.14. The average Bonchev–Trinajstić information content (AvgIpc) is 2.77. The molecule has 1 N–H and O–H groups in total. The zero-order valence-electron chi connectivity index (χ0n) is 11.8. The van der Waals surface area contributed by atoms with Crippen LogP contribution in [0.4, 0.5) is 0 Å². The molecule has 0 radical (unpaired) electrons. The molecule has 2 amide bonds. The third kappa shape index (κ3) is 5.04. The van der Waals surface area contributed by atoms with Gasteiger partial charge in [-0.25, -0.2) is 0 Å². The van der Waals surface area contributed by atoms with Crippen molar-refractivity contribution in [3.63, 3.8) is 0 Å². The van der Waals surface area contributed by atoms with Gasteiger partial charge in [-0.05, 0) is 40.5 Å². The van der Waals surface area contributed by atoms with Gasteiger partial charge in [0.15, 0.2) is 0 Å². The summed E-state index contributed by atoms with van der Waals surface area (Å²) in [5.74, 6) is -0.249. The standard InChI is InChI=1S/C13H24N2O3/c1-10(12(17)15-7-5-6-8-15)14-11(16)9-18-13(2,3)4/h10H,5-9H2,1-4H3,(H,14,16). The molecule has 1 unspecified atom stereocenters. The molecule has 5 heteroatoms. The molecule has 1 saturated heterocycles. The molecule has 18 heavy (non-hydrogen) atoms. The molecule has 1 fully saturated rings. The molecular formula is C13H24N2O3. The third-order valence-corrected chi connectivity index (χ3v) is 2.80. The minimum atomic E-state index is -0.473. The van der Waals surface area contributed by atoms with Gasteiger partial charge in [0, 0.05) is 13.1 Å². The maximum Gasteiger partial charge on any atom is 0.246 e. The van der Waals surface area contributed by atoms with Gasteiger partial charge in [-0.1, -0.05) is 0 Å². The Hall–Kier alpha value is -1.10. The van der Waals surface area contributed by atoms with Crippen molar-refractivity contribution in [2.75, 3.05) is 19.7 Å². The monoisotopic (exact) mass is 256 g/mol. The van der Waals surface area contributed by atoms with Crippen molar-refractivity contribution in [1.82, 2.24) is 10.2 Å². The van der Waals surface area contributed by atoms with Gasteiger partial charge in [-0.3, -0.25) is 9.59 Å². The summed E-state index contributed by atoms with van der Waals surface area (Å²) < 4.78 is 5.36. The van der Waals surface area contributed by atoms with Crippen molar-refractivity contribution >= 4 is 11.8 Å². The number of amides is 2. The van der Waals surface area contributed by atoms with Crippen LogP contribution in [0.25, 0.3) is 0 Å². The number of ether oxygens (including phenoxy) is 1. The van der Waals surface area contributed by atoms with E-state index in [0.29, 0.717) is 0 Å². The van der Waals surface area contributed by atoms with Crippen molar-refractivity contribution in [2.45, 2.75) is 52.2 Å². The normalized spacial score (nSPS) is 17.7. The van der Waals surface area contributed by atoms with Gasteiger partial charge in [-0.2, -0.15) is 0 Å². The van der Waals surface area contributed by atoms with E-state index in [9.17, 15) is 9.59 Å². The molecule has 1 aliphatic heterocycles. The number of rotatable bonds is 4. The van der Waals surface area contributed by atoms with Crippen molar-refractivity contribution in [1.29, 1.82) is 0 Å². The molecule has 1 aliphatic rings. The Balaban J connectivity index is 2.32. The van der Waals surface area contributed by atoms with Crippen molar-refractivity contribution in [3.8, 4) is 0 Å². The number of likely N-dealkylation sites (tertiary alicyclic amines) is 1. The second-order valence-electron chi connectivity index (χ2n) is 5.72. The number of nitrogens with zero attached hydrogens (tertiary/aromatic N) is 1. The minimum Gasteiger partial charge on any atom is -0.366 e. The number of hydrogen-bond donors (Lipinski definition) is 1. The van der Waals surface area contributed by atoms with E-state index < -0.39 is 6.04 Å². The van der Waals surface area contributed by atoms with E-state index in [4.69, 9.17) is 4.74 Å². The van der Waals surface area contributed by atoms with Crippen LogP contribution in [0.2, 0.25) is 0 Å². The van der Waals surface area contributed by atoms with Crippen LogP contribution in [0.3, 0.4) is 0 Å². The fourth-order valence-electron chi connectivity index (χ4n) is 1.84. The lowest BCUT2D eigenvalue weighted by Gasteiger charge is -2.23. The predicted molar refractivity (Wildman–Crippen MR) is 69.1 cm³/mol. The highest BCUT2D eigenvalue weighted by Crippen LogP contribution is 2.09. The zero-order valence-corrected chi connectivity index (χ0v) is 11.8. The van der Waals surface area contributed by atoms with Crippen LogP contribution in [0.15, 0.2) is 0 Å². The van der Waals surface area contributed by atoms with Gasteiger partial charge in [-0.15, -0.1) is 0 Å². The maximum absolute atomic E-state index is 12.0. The summed E-state index contributed by atoms with van der Waals surface area (Å²) in [7, 11) is 0. The Labute approximate surface area is 109 Å². The molecule has 0 aromatic carbocycles. The fourth-order valence-corrected chi connectivity index (χ4v) is 1.84. The van der Waals surface area contributed by atoms with E-state index in [-0.39, 0.29) is 24.0 Å². The fraction of sp³-hybridized carbons (Fsp3) is 0.846. The van der Waals surface area contributed by atoms with Crippen molar-refractivity contribution in [3.05, 3.63) is 0 Å². The topological polar surface area (TPSA) is 58.6 Å². The maximum atomic E-state index is 12.0. The number of nitrogens with one attached hydrogen (secondary N) is 1. The van der Waals surface area contributed by atoms with E-state index in [1.54, 1.807) is 11.8 Å². The zero-order chi connectivity index (χ0) is 13.8. The van der Waals surface area contributed by atoms with E-state index in [1.807, 2.05) is 20.8 Å². The van der Waals surface area contributed by atoms with Crippen LogP contribution < -0.4 is 5.32 Å². The molecule has 0 aliphatic carbocycles. The van der Waals surface area contributed by atoms with Gasteiger partial charge in [0.25, 0.3) is 0 Å². The number of carbonyl (C=O) groups is 2. The van der Waals surface area contributed by atoms with Crippen LogP contribution in [0.1, 0.15) is 40.5 Å². The van der Waals surface area contributed by atoms with E-state index in [0.717, 1.165) is 25.9 Å². The lowest BCUT2D eigenvalue weighted by Crippen LogP contribution is -2.47. The second kappa shape index (κ2) is 6.18. The molecule has 5 nitrogen and oxygen atoms in total. The highest BCUT2D eigenvalue weighted by atomic mass is 16.5. The molecule has 0 spiro atoms. The van der Waals surface area contributed by atoms with E-state index >= 15 is 0 Å². The molecule has 1 heterocycles. The highest BCUT2D eigenvalue weighted by Gasteiger charge is 2.24. The van der Waals surface area contributed by atoms with Gasteiger partial charge < -0.3 is 15.0 Å². The average molecular weight is 256 g/mol. The first-order valence-electron chi connectivity index (χ1n) is 6.52. The first-order valence-corrected chi connectivity index (χ1v) is 6.52. The van der Waals surface area contributed by atoms with Crippen LogP contribution in [-0.4, -0.2) is 48.1 Å². The summed E-state index contributed by atoms with van der Waals surface area (Å²) in [5, 5.41) is 2.67. The summed E-state index contributed by atoms with van der Waals surface area (Å²) in [5.41, 5.74) is -0.348. The van der Waals surface area contributed by atoms with Crippen LogP contribution in [0.5, 0.6) is 0 Å². The van der Waals surface area contributed by atoms with Crippen molar-refractivity contribution in [2.24, 2.45) is 0 Å². The quantitative estimate of drug-likeness (QED) is 0.814.